The Balaban J connectivity index is 2.25. The lowest BCUT2D eigenvalue weighted by Crippen LogP contribution is -2.32. The number of nitrogen functional groups attached to an aromatic ring is 1. The van der Waals surface area contributed by atoms with E-state index in [4.69, 9.17) is 17.4 Å². The van der Waals surface area contributed by atoms with Crippen LogP contribution in [0.3, 0.4) is 0 Å². The Morgan fingerprint density at radius 1 is 1.47 bits per heavy atom. The highest BCUT2D eigenvalue weighted by molar-refractivity contribution is 7.98. The van der Waals surface area contributed by atoms with Gasteiger partial charge in [0.25, 0.3) is 5.56 Å². The highest BCUT2D eigenvalue weighted by Gasteiger charge is 2.11. The van der Waals surface area contributed by atoms with Gasteiger partial charge in [0.15, 0.2) is 0 Å². The van der Waals surface area contributed by atoms with E-state index in [-0.39, 0.29) is 16.6 Å². The molecular formula is C11H10ClFN4OS. The van der Waals surface area contributed by atoms with Crippen molar-refractivity contribution in [3.05, 3.63) is 50.7 Å². The number of hydrogen-bond donors (Lipinski definition) is 1. The Bertz CT molecular complexity index is 656. The van der Waals surface area contributed by atoms with E-state index in [0.29, 0.717) is 10.6 Å². The minimum Gasteiger partial charge on any atom is -0.334 e. The van der Waals surface area contributed by atoms with Crippen molar-refractivity contribution in [3.8, 4) is 0 Å². The van der Waals surface area contributed by atoms with Crippen molar-refractivity contribution < 1.29 is 4.39 Å². The number of halogens is 2. The molecule has 2 N–H and O–H groups in total. The second kappa shape index (κ2) is 5.58. The lowest BCUT2D eigenvalue weighted by molar-refractivity contribution is 0.617. The van der Waals surface area contributed by atoms with Gasteiger partial charge in [-0.15, -0.1) is 10.2 Å². The molecule has 1 aromatic heterocycles. The van der Waals surface area contributed by atoms with Crippen LogP contribution in [-0.2, 0) is 5.75 Å². The lowest BCUT2D eigenvalue weighted by Gasteiger charge is -2.07. The van der Waals surface area contributed by atoms with Gasteiger partial charge in [0.2, 0.25) is 5.16 Å². The number of nitrogens with zero attached hydrogens (tertiary/aromatic N) is 3. The maximum absolute atomic E-state index is 13.6. The highest BCUT2D eigenvalue weighted by atomic mass is 35.5. The summed E-state index contributed by atoms with van der Waals surface area (Å²) in [7, 11) is 0. The van der Waals surface area contributed by atoms with Gasteiger partial charge in [-0.25, -0.2) is 4.39 Å². The third kappa shape index (κ3) is 2.87. The molecule has 0 aliphatic rings. The topological polar surface area (TPSA) is 73.8 Å². The minimum absolute atomic E-state index is 0.204. The molecule has 0 aliphatic carbocycles. The second-order valence-corrected chi connectivity index (χ2v) is 5.08. The van der Waals surface area contributed by atoms with Crippen molar-refractivity contribution in [3.63, 3.8) is 0 Å². The Hall–Kier alpha value is -1.60. The number of rotatable bonds is 3. The lowest BCUT2D eigenvalue weighted by atomic mass is 10.2. The van der Waals surface area contributed by atoms with Crippen LogP contribution in [0.25, 0.3) is 0 Å². The Kier molecular flexibility index (Phi) is 4.06. The fraction of sp³-hybridized carbons (Fsp3) is 0.182. The Morgan fingerprint density at radius 2 is 2.21 bits per heavy atom. The fourth-order valence-corrected chi connectivity index (χ4v) is 2.57. The zero-order valence-corrected chi connectivity index (χ0v) is 11.5. The van der Waals surface area contributed by atoms with Crippen LogP contribution in [0.1, 0.15) is 11.3 Å². The predicted octanol–water partition coefficient (Wildman–Crippen LogP) is 1.75. The first kappa shape index (κ1) is 13.8. The minimum atomic E-state index is -0.433. The highest BCUT2D eigenvalue weighted by Crippen LogP contribution is 2.26. The van der Waals surface area contributed by atoms with Crippen molar-refractivity contribution in [2.24, 2.45) is 0 Å². The van der Waals surface area contributed by atoms with Gasteiger partial charge in [0, 0.05) is 16.3 Å². The van der Waals surface area contributed by atoms with Gasteiger partial charge >= 0.3 is 0 Å². The third-order valence-corrected chi connectivity index (χ3v) is 3.75. The van der Waals surface area contributed by atoms with E-state index >= 15 is 0 Å². The average Bonchev–Trinajstić information content (AvgIpc) is 2.38. The van der Waals surface area contributed by atoms with Gasteiger partial charge in [0.05, 0.1) is 0 Å². The molecule has 0 amide bonds. The average molecular weight is 301 g/mol. The van der Waals surface area contributed by atoms with Gasteiger partial charge in [0.1, 0.15) is 11.5 Å². The van der Waals surface area contributed by atoms with E-state index < -0.39 is 11.4 Å². The van der Waals surface area contributed by atoms with Crippen molar-refractivity contribution in [2.75, 3.05) is 5.84 Å². The van der Waals surface area contributed by atoms with Crippen molar-refractivity contribution in [1.82, 2.24) is 14.9 Å². The summed E-state index contributed by atoms with van der Waals surface area (Å²) >= 11 is 6.99. The number of benzene rings is 1. The summed E-state index contributed by atoms with van der Waals surface area (Å²) in [5, 5.41) is 8.01. The Morgan fingerprint density at radius 3 is 2.89 bits per heavy atom. The molecule has 0 saturated heterocycles. The molecule has 0 spiro atoms. The smallest absolute Gasteiger partial charge is 0.294 e. The molecule has 2 aromatic rings. The molecule has 0 radical (unpaired) electrons. The number of aryl methyl sites for hydroxylation is 1. The van der Waals surface area contributed by atoms with Gasteiger partial charge in [-0.2, -0.15) is 4.68 Å². The summed E-state index contributed by atoms with van der Waals surface area (Å²) in [6.07, 6.45) is 0. The third-order valence-electron chi connectivity index (χ3n) is 2.43. The van der Waals surface area contributed by atoms with Crippen molar-refractivity contribution >= 4 is 23.4 Å². The molecule has 1 aromatic carbocycles. The summed E-state index contributed by atoms with van der Waals surface area (Å²) in [5.74, 6) is 5.37. The van der Waals surface area contributed by atoms with E-state index in [1.54, 1.807) is 6.07 Å². The molecule has 0 aliphatic heterocycles. The maximum atomic E-state index is 13.6. The van der Waals surface area contributed by atoms with Crippen LogP contribution < -0.4 is 11.4 Å². The van der Waals surface area contributed by atoms with Crippen molar-refractivity contribution in [1.29, 1.82) is 0 Å². The first-order valence-corrected chi connectivity index (χ1v) is 6.64. The molecule has 0 bridgehead atoms. The molecule has 8 heteroatoms. The van der Waals surface area contributed by atoms with E-state index in [9.17, 15) is 9.18 Å². The van der Waals surface area contributed by atoms with E-state index in [0.717, 1.165) is 16.4 Å². The Labute approximate surface area is 117 Å². The molecule has 0 saturated carbocycles. The molecule has 100 valence electrons. The number of hydrogen-bond acceptors (Lipinski definition) is 5. The van der Waals surface area contributed by atoms with E-state index in [2.05, 4.69) is 10.2 Å². The molecule has 2 rings (SSSR count). The van der Waals surface area contributed by atoms with Gasteiger partial charge in [-0.05, 0) is 19.1 Å². The molecular weight excluding hydrogens is 291 g/mol. The van der Waals surface area contributed by atoms with E-state index in [1.807, 2.05) is 0 Å². The summed E-state index contributed by atoms with van der Waals surface area (Å²) in [6, 6.07) is 4.44. The normalized spacial score (nSPS) is 10.7. The number of thioether (sulfide) groups is 1. The molecule has 0 unspecified atom stereocenters. The van der Waals surface area contributed by atoms with E-state index in [1.165, 1.54) is 19.1 Å². The molecule has 19 heavy (non-hydrogen) atoms. The molecule has 0 atom stereocenters. The van der Waals surface area contributed by atoms with Gasteiger partial charge < -0.3 is 5.84 Å². The maximum Gasteiger partial charge on any atom is 0.294 e. The monoisotopic (exact) mass is 300 g/mol. The van der Waals surface area contributed by atoms with Crippen LogP contribution in [0.4, 0.5) is 4.39 Å². The van der Waals surface area contributed by atoms with Crippen LogP contribution in [0, 0.1) is 12.7 Å². The largest absolute Gasteiger partial charge is 0.334 e. The van der Waals surface area contributed by atoms with Crippen LogP contribution in [0.15, 0.2) is 28.2 Å². The summed E-state index contributed by atoms with van der Waals surface area (Å²) < 4.78 is 14.5. The standard InChI is InChI=1S/C11H10ClFN4OS/c1-6-10(18)17(14)11(16-15-6)19-5-7-8(12)3-2-4-9(7)13/h2-4H,5,14H2,1H3. The first-order valence-electron chi connectivity index (χ1n) is 5.28. The predicted molar refractivity (Wildman–Crippen MR) is 72.2 cm³/mol. The van der Waals surface area contributed by atoms with Crippen molar-refractivity contribution in [2.45, 2.75) is 17.8 Å². The van der Waals surface area contributed by atoms with Gasteiger partial charge in [-0.3, -0.25) is 4.79 Å². The van der Waals surface area contributed by atoms with Crippen LogP contribution in [0.2, 0.25) is 5.02 Å². The fourth-order valence-electron chi connectivity index (χ4n) is 1.38. The zero-order chi connectivity index (χ0) is 14.0. The SMILES string of the molecule is Cc1nnc(SCc2c(F)cccc2Cl)n(N)c1=O. The van der Waals surface area contributed by atoms with Gasteiger partial charge in [-0.1, -0.05) is 29.4 Å². The molecule has 0 fully saturated rings. The quantitative estimate of drug-likeness (QED) is 0.690. The second-order valence-electron chi connectivity index (χ2n) is 3.73. The summed E-state index contributed by atoms with van der Waals surface area (Å²) in [4.78, 5) is 11.6. The number of nitrogens with two attached hydrogens (primary N) is 1. The summed E-state index contributed by atoms with van der Waals surface area (Å²) in [5.41, 5.74) is 0.108. The summed E-state index contributed by atoms with van der Waals surface area (Å²) in [6.45, 7) is 1.51. The first-order chi connectivity index (χ1) is 9.00. The van der Waals surface area contributed by atoms with Crippen LogP contribution in [-0.4, -0.2) is 14.9 Å². The zero-order valence-electron chi connectivity index (χ0n) is 9.93. The molecule has 5 nitrogen and oxygen atoms in total. The van der Waals surface area contributed by atoms with Crippen LogP contribution >= 0.6 is 23.4 Å². The number of aromatic nitrogens is 3. The van der Waals surface area contributed by atoms with Crippen LogP contribution in [0.5, 0.6) is 0 Å². The molecule has 1 heterocycles.